The Hall–Kier alpha value is -1.33. The van der Waals surface area contributed by atoms with E-state index in [1.807, 2.05) is 17.0 Å². The second-order valence-electron chi connectivity index (χ2n) is 5.26. The first kappa shape index (κ1) is 12.7. The van der Waals surface area contributed by atoms with Gasteiger partial charge in [0.05, 0.1) is 26.0 Å². The standard InChI is InChI=1S/C14H20N2O3/c17-14(8-11-10-18-7-5-15-11)16(12-3-4-12)9-13-2-1-6-19-13/h1-2,6,11-12,15H,3-5,7-10H2. The van der Waals surface area contributed by atoms with Gasteiger partial charge in [-0.1, -0.05) is 0 Å². The van der Waals surface area contributed by atoms with Gasteiger partial charge < -0.3 is 19.4 Å². The molecule has 19 heavy (non-hydrogen) atoms. The zero-order valence-electron chi connectivity index (χ0n) is 11.0. The third kappa shape index (κ3) is 3.36. The normalized spacial score (nSPS) is 23.3. The van der Waals surface area contributed by atoms with Crippen molar-refractivity contribution in [3.05, 3.63) is 24.2 Å². The number of rotatable bonds is 5. The molecule has 1 saturated heterocycles. The van der Waals surface area contributed by atoms with Crippen LogP contribution in [0.5, 0.6) is 0 Å². The monoisotopic (exact) mass is 264 g/mol. The van der Waals surface area contributed by atoms with Crippen LogP contribution < -0.4 is 5.32 Å². The fourth-order valence-electron chi connectivity index (χ4n) is 2.46. The Bertz CT molecular complexity index is 408. The van der Waals surface area contributed by atoms with Crippen molar-refractivity contribution >= 4 is 5.91 Å². The summed E-state index contributed by atoms with van der Waals surface area (Å²) in [5.74, 6) is 1.05. The van der Waals surface area contributed by atoms with E-state index in [4.69, 9.17) is 9.15 Å². The molecule has 0 spiro atoms. The first-order valence-electron chi connectivity index (χ1n) is 6.96. The van der Waals surface area contributed by atoms with Crippen LogP contribution in [-0.2, 0) is 16.1 Å². The van der Waals surface area contributed by atoms with Crippen LogP contribution in [0.1, 0.15) is 25.0 Å². The van der Waals surface area contributed by atoms with Crippen LogP contribution in [0.4, 0.5) is 0 Å². The van der Waals surface area contributed by atoms with Gasteiger partial charge in [0, 0.05) is 25.0 Å². The van der Waals surface area contributed by atoms with E-state index in [0.717, 1.165) is 31.8 Å². The molecule has 1 N–H and O–H groups in total. The van der Waals surface area contributed by atoms with E-state index in [1.165, 1.54) is 0 Å². The number of ether oxygens (including phenoxy) is 1. The van der Waals surface area contributed by atoms with Crippen molar-refractivity contribution in [3.8, 4) is 0 Å². The van der Waals surface area contributed by atoms with Crippen LogP contribution in [-0.4, -0.2) is 42.6 Å². The summed E-state index contributed by atoms with van der Waals surface area (Å²) in [6.45, 7) is 2.79. The fourth-order valence-corrected chi connectivity index (χ4v) is 2.46. The predicted molar refractivity (Wildman–Crippen MR) is 69.5 cm³/mol. The van der Waals surface area contributed by atoms with E-state index in [-0.39, 0.29) is 11.9 Å². The predicted octanol–water partition coefficient (Wildman–Crippen LogP) is 1.15. The van der Waals surface area contributed by atoms with Gasteiger partial charge in [0.15, 0.2) is 0 Å². The van der Waals surface area contributed by atoms with Gasteiger partial charge in [0.25, 0.3) is 0 Å². The molecule has 1 aliphatic heterocycles. The minimum absolute atomic E-state index is 0.152. The summed E-state index contributed by atoms with van der Waals surface area (Å²) < 4.78 is 10.7. The molecule has 0 bridgehead atoms. The van der Waals surface area contributed by atoms with Crippen molar-refractivity contribution in [2.24, 2.45) is 0 Å². The summed E-state index contributed by atoms with van der Waals surface area (Å²) in [5, 5.41) is 3.33. The Labute approximate surface area is 112 Å². The third-order valence-electron chi connectivity index (χ3n) is 3.63. The summed E-state index contributed by atoms with van der Waals surface area (Å²) in [4.78, 5) is 14.4. The topological polar surface area (TPSA) is 54.7 Å². The van der Waals surface area contributed by atoms with Crippen LogP contribution in [0.3, 0.4) is 0 Å². The Kier molecular flexibility index (Phi) is 3.84. The molecule has 2 fully saturated rings. The van der Waals surface area contributed by atoms with Gasteiger partial charge in [-0.05, 0) is 25.0 Å². The lowest BCUT2D eigenvalue weighted by Gasteiger charge is -2.27. The molecule has 0 radical (unpaired) electrons. The molecule has 1 aromatic heterocycles. The molecular weight excluding hydrogens is 244 g/mol. The SMILES string of the molecule is O=C(CC1COCCN1)N(Cc1ccco1)C1CC1. The highest BCUT2D eigenvalue weighted by Gasteiger charge is 2.34. The second kappa shape index (κ2) is 5.75. The number of nitrogens with one attached hydrogen (secondary N) is 1. The van der Waals surface area contributed by atoms with E-state index in [1.54, 1.807) is 6.26 Å². The van der Waals surface area contributed by atoms with Crippen LogP contribution in [0.2, 0.25) is 0 Å². The van der Waals surface area contributed by atoms with Gasteiger partial charge in [-0.25, -0.2) is 0 Å². The van der Waals surface area contributed by atoms with Gasteiger partial charge in [-0.2, -0.15) is 0 Å². The highest BCUT2D eigenvalue weighted by molar-refractivity contribution is 5.77. The Morgan fingerprint density at radius 2 is 2.37 bits per heavy atom. The molecule has 1 atom stereocenters. The van der Waals surface area contributed by atoms with Crippen molar-refractivity contribution in [2.75, 3.05) is 19.8 Å². The van der Waals surface area contributed by atoms with Crippen LogP contribution in [0.25, 0.3) is 0 Å². The summed E-state index contributed by atoms with van der Waals surface area (Å²) in [7, 11) is 0. The van der Waals surface area contributed by atoms with Gasteiger partial charge in [0.1, 0.15) is 5.76 Å². The molecule has 2 heterocycles. The van der Waals surface area contributed by atoms with E-state index >= 15 is 0 Å². The molecule has 1 aliphatic carbocycles. The zero-order chi connectivity index (χ0) is 13.1. The maximum Gasteiger partial charge on any atom is 0.224 e. The first-order valence-corrected chi connectivity index (χ1v) is 6.96. The number of furan rings is 1. The Balaban J connectivity index is 1.57. The molecule has 1 saturated carbocycles. The number of hydrogen-bond acceptors (Lipinski definition) is 4. The van der Waals surface area contributed by atoms with Crippen molar-refractivity contribution in [2.45, 2.75) is 37.9 Å². The summed E-state index contributed by atoms with van der Waals surface area (Å²) in [6.07, 6.45) is 4.39. The molecule has 1 unspecified atom stereocenters. The number of nitrogens with zero attached hydrogens (tertiary/aromatic N) is 1. The molecule has 104 valence electrons. The van der Waals surface area contributed by atoms with Crippen LogP contribution in [0.15, 0.2) is 22.8 Å². The molecule has 1 aromatic rings. The van der Waals surface area contributed by atoms with Gasteiger partial charge in [0.2, 0.25) is 5.91 Å². The van der Waals surface area contributed by atoms with Crippen LogP contribution in [0, 0.1) is 0 Å². The van der Waals surface area contributed by atoms with E-state index < -0.39 is 0 Å². The molecule has 1 amide bonds. The van der Waals surface area contributed by atoms with E-state index in [2.05, 4.69) is 5.32 Å². The first-order chi connectivity index (χ1) is 9.33. The van der Waals surface area contributed by atoms with Gasteiger partial charge in [-0.15, -0.1) is 0 Å². The largest absolute Gasteiger partial charge is 0.467 e. The lowest BCUT2D eigenvalue weighted by atomic mass is 10.1. The maximum absolute atomic E-state index is 12.4. The van der Waals surface area contributed by atoms with E-state index in [9.17, 15) is 4.79 Å². The zero-order valence-corrected chi connectivity index (χ0v) is 11.0. The van der Waals surface area contributed by atoms with Crippen molar-refractivity contribution in [1.29, 1.82) is 0 Å². The number of hydrogen-bond donors (Lipinski definition) is 1. The smallest absolute Gasteiger partial charge is 0.224 e. The second-order valence-corrected chi connectivity index (χ2v) is 5.26. The van der Waals surface area contributed by atoms with Crippen LogP contribution >= 0.6 is 0 Å². The van der Waals surface area contributed by atoms with Crippen molar-refractivity contribution < 1.29 is 13.9 Å². The molecule has 5 heteroatoms. The Morgan fingerprint density at radius 3 is 3.00 bits per heavy atom. The molecule has 5 nitrogen and oxygen atoms in total. The number of morpholine rings is 1. The average Bonchev–Trinajstić information content (AvgIpc) is 3.14. The van der Waals surface area contributed by atoms with Crippen molar-refractivity contribution in [1.82, 2.24) is 10.2 Å². The number of carbonyl (C=O) groups excluding carboxylic acids is 1. The summed E-state index contributed by atoms with van der Waals surface area (Å²) in [5.41, 5.74) is 0. The summed E-state index contributed by atoms with van der Waals surface area (Å²) in [6, 6.07) is 4.34. The Morgan fingerprint density at radius 1 is 1.47 bits per heavy atom. The van der Waals surface area contributed by atoms with Gasteiger partial charge in [-0.3, -0.25) is 4.79 Å². The van der Waals surface area contributed by atoms with Crippen molar-refractivity contribution in [3.63, 3.8) is 0 Å². The quantitative estimate of drug-likeness (QED) is 0.866. The minimum atomic E-state index is 0.152. The maximum atomic E-state index is 12.4. The molecule has 3 rings (SSSR count). The van der Waals surface area contributed by atoms with Gasteiger partial charge >= 0.3 is 0 Å². The lowest BCUT2D eigenvalue weighted by molar-refractivity contribution is -0.134. The fraction of sp³-hybridized carbons (Fsp3) is 0.643. The highest BCUT2D eigenvalue weighted by Crippen LogP contribution is 2.29. The molecule has 0 aromatic carbocycles. The average molecular weight is 264 g/mol. The number of amides is 1. The van der Waals surface area contributed by atoms with E-state index in [0.29, 0.717) is 25.6 Å². The summed E-state index contributed by atoms with van der Waals surface area (Å²) >= 11 is 0. The minimum Gasteiger partial charge on any atom is -0.467 e. The molecular formula is C14H20N2O3. The third-order valence-corrected chi connectivity index (χ3v) is 3.63. The highest BCUT2D eigenvalue weighted by atomic mass is 16.5. The molecule has 2 aliphatic rings. The number of carbonyl (C=O) groups is 1. The lowest BCUT2D eigenvalue weighted by Crippen LogP contribution is -2.45.